The van der Waals surface area contributed by atoms with Crippen LogP contribution in [0.2, 0.25) is 0 Å². The Balaban J connectivity index is 1.64. The van der Waals surface area contributed by atoms with E-state index in [0.717, 1.165) is 35.7 Å². The van der Waals surface area contributed by atoms with Crippen molar-refractivity contribution in [2.24, 2.45) is 0 Å². The van der Waals surface area contributed by atoms with Crippen LogP contribution in [0.3, 0.4) is 0 Å². The van der Waals surface area contributed by atoms with Crippen LogP contribution in [0.5, 0.6) is 0 Å². The first-order chi connectivity index (χ1) is 16.2. The lowest BCUT2D eigenvalue weighted by Gasteiger charge is -2.18. The highest BCUT2D eigenvalue weighted by atomic mass is 79.9. The van der Waals surface area contributed by atoms with Crippen LogP contribution < -0.4 is 11.2 Å². The highest BCUT2D eigenvalue weighted by molar-refractivity contribution is 9.10. The fraction of sp³-hybridized carbons (Fsp3) is 0.545. The molecule has 3 aromatic rings. The molecule has 0 amide bonds. The van der Waals surface area contributed by atoms with Crippen molar-refractivity contribution >= 4 is 53.7 Å². The van der Waals surface area contributed by atoms with Crippen LogP contribution in [0.25, 0.3) is 22.0 Å². The normalized spacial score (nSPS) is 17.3. The van der Waals surface area contributed by atoms with E-state index in [9.17, 15) is 13.2 Å². The number of halogens is 4. The molecule has 1 atom stereocenters. The molecular formula is C22H25B2BrF3N5O. The number of nitrogens with zero attached hydrogens (tertiary/aromatic N) is 5. The number of ether oxygens (including phenoxy) is 1. The third-order valence-electron chi connectivity index (χ3n) is 6.18. The van der Waals surface area contributed by atoms with E-state index in [1.54, 1.807) is 10.9 Å². The molecule has 0 saturated carbocycles. The van der Waals surface area contributed by atoms with Crippen molar-refractivity contribution in [3.63, 3.8) is 0 Å². The number of pyridine rings is 1. The lowest BCUT2D eigenvalue weighted by atomic mass is 9.87. The minimum Gasteiger partial charge on any atom is -0.359 e. The average Bonchev–Trinajstić information content (AvgIpc) is 3.45. The number of fused-ring (bicyclic) bond motifs is 1. The number of hydrogen-bond acceptors (Lipinski definition) is 4. The summed E-state index contributed by atoms with van der Waals surface area (Å²) in [7, 11) is 12.7. The Bertz CT molecular complexity index is 1150. The molecule has 1 fully saturated rings. The number of rotatable bonds is 9. The van der Waals surface area contributed by atoms with Crippen LogP contribution in [0.1, 0.15) is 38.6 Å². The molecule has 0 aliphatic carbocycles. The first kappa shape index (κ1) is 25.3. The average molecular weight is 534 g/mol. The van der Waals surface area contributed by atoms with E-state index in [-0.39, 0.29) is 19.3 Å². The van der Waals surface area contributed by atoms with E-state index >= 15 is 0 Å². The van der Waals surface area contributed by atoms with Gasteiger partial charge in [-0.15, -0.1) is 0 Å². The molecule has 0 unspecified atom stereocenters. The fourth-order valence-corrected chi connectivity index (χ4v) is 4.75. The Kier molecular flexibility index (Phi) is 7.79. The van der Waals surface area contributed by atoms with Crippen molar-refractivity contribution in [2.75, 3.05) is 26.2 Å². The number of unbranched alkanes of at least 4 members (excludes halogenated alkanes) is 1. The molecule has 3 aromatic heterocycles. The van der Waals surface area contributed by atoms with E-state index in [0.29, 0.717) is 41.0 Å². The molecule has 12 heteroatoms. The van der Waals surface area contributed by atoms with E-state index in [1.807, 2.05) is 17.2 Å². The zero-order valence-electron chi connectivity index (χ0n) is 19.0. The topological polar surface area (TPSA) is 48.1 Å². The second-order valence-electron chi connectivity index (χ2n) is 8.62. The molecule has 34 heavy (non-hydrogen) atoms. The Morgan fingerprint density at radius 1 is 1.29 bits per heavy atom. The van der Waals surface area contributed by atoms with Gasteiger partial charge in [0.2, 0.25) is 0 Å². The minimum absolute atomic E-state index is 0.000550. The minimum atomic E-state index is -4.16. The van der Waals surface area contributed by atoms with Gasteiger partial charge in [0.15, 0.2) is 0 Å². The summed E-state index contributed by atoms with van der Waals surface area (Å²) in [5, 5.41) is 5.26. The predicted octanol–water partition coefficient (Wildman–Crippen LogP) is 3.22. The number of alkyl halides is 3. The summed E-state index contributed by atoms with van der Waals surface area (Å²) in [6, 6.07) is 1.91. The van der Waals surface area contributed by atoms with Gasteiger partial charge in [-0.25, -0.2) is 4.98 Å². The lowest BCUT2D eigenvalue weighted by molar-refractivity contribution is -0.137. The van der Waals surface area contributed by atoms with Crippen molar-refractivity contribution in [2.45, 2.75) is 51.6 Å². The van der Waals surface area contributed by atoms with Crippen molar-refractivity contribution in [1.29, 1.82) is 0 Å². The van der Waals surface area contributed by atoms with Gasteiger partial charge in [0.25, 0.3) is 0 Å². The molecule has 0 spiro atoms. The SMILES string of the molecule is [B]c1nn(COCCCC)c([B])c1-c1cn([C@H]2CCN(CCC(F)(F)F)C2)c2cnc(Br)cc12. The Morgan fingerprint density at radius 3 is 2.82 bits per heavy atom. The summed E-state index contributed by atoms with van der Waals surface area (Å²) in [4.78, 5) is 6.22. The molecule has 4 rings (SSSR count). The summed E-state index contributed by atoms with van der Waals surface area (Å²) in [6.07, 6.45) is 1.47. The van der Waals surface area contributed by atoms with Crippen molar-refractivity contribution in [1.82, 2.24) is 24.2 Å². The highest BCUT2D eigenvalue weighted by Gasteiger charge is 2.31. The van der Waals surface area contributed by atoms with Gasteiger partial charge in [-0.3, -0.25) is 4.68 Å². The largest absolute Gasteiger partial charge is 0.390 e. The maximum Gasteiger partial charge on any atom is 0.390 e. The van der Waals surface area contributed by atoms with Crippen LogP contribution in [0.4, 0.5) is 13.2 Å². The van der Waals surface area contributed by atoms with E-state index in [1.165, 1.54) is 0 Å². The quantitative estimate of drug-likeness (QED) is 0.241. The second-order valence-corrected chi connectivity index (χ2v) is 9.43. The van der Waals surface area contributed by atoms with Gasteiger partial charge in [0, 0.05) is 60.6 Å². The molecule has 1 aliphatic rings. The van der Waals surface area contributed by atoms with Crippen LogP contribution in [0, 0.1) is 0 Å². The standard InChI is InChI=1S/C22H25B2BrF3N5O/c1-2-3-8-34-13-33-21(24)19(20(23)30-33)16-12-32(17-10-29-18(25)9-15(16)17)14-4-6-31(11-14)7-5-22(26,27)28/h9-10,12,14H,2-8,11,13H2,1H3/t14-/m0/s1. The van der Waals surface area contributed by atoms with Crippen molar-refractivity contribution in [3.8, 4) is 11.1 Å². The van der Waals surface area contributed by atoms with E-state index in [2.05, 4.69) is 37.5 Å². The molecule has 1 aliphatic heterocycles. The second kappa shape index (κ2) is 10.5. The molecule has 0 bridgehead atoms. The van der Waals surface area contributed by atoms with Crippen LogP contribution in [0.15, 0.2) is 23.1 Å². The van der Waals surface area contributed by atoms with Gasteiger partial charge < -0.3 is 14.2 Å². The van der Waals surface area contributed by atoms with Crippen LogP contribution >= 0.6 is 15.9 Å². The maximum absolute atomic E-state index is 12.7. The zero-order valence-corrected chi connectivity index (χ0v) is 20.6. The smallest absolute Gasteiger partial charge is 0.359 e. The summed E-state index contributed by atoms with van der Waals surface area (Å²) in [5.74, 6) is 0. The Morgan fingerprint density at radius 2 is 2.09 bits per heavy atom. The molecule has 4 heterocycles. The molecule has 4 radical (unpaired) electrons. The monoisotopic (exact) mass is 533 g/mol. The molecule has 0 aromatic carbocycles. The summed E-state index contributed by atoms with van der Waals surface area (Å²) in [5.41, 5.74) is 2.99. The van der Waals surface area contributed by atoms with Gasteiger partial charge in [-0.2, -0.15) is 18.3 Å². The van der Waals surface area contributed by atoms with Crippen LogP contribution in [-0.2, 0) is 11.5 Å². The van der Waals surface area contributed by atoms with Gasteiger partial charge in [0.05, 0.1) is 18.1 Å². The van der Waals surface area contributed by atoms with Gasteiger partial charge >= 0.3 is 6.18 Å². The summed E-state index contributed by atoms with van der Waals surface area (Å²) in [6.45, 7) is 4.04. The van der Waals surface area contributed by atoms with Gasteiger partial charge in [0.1, 0.15) is 27.0 Å². The first-order valence-electron chi connectivity index (χ1n) is 11.3. The number of hydrogen-bond donors (Lipinski definition) is 0. The Labute approximate surface area is 207 Å². The summed E-state index contributed by atoms with van der Waals surface area (Å²) < 4.78 is 48.0. The molecule has 6 nitrogen and oxygen atoms in total. The van der Waals surface area contributed by atoms with Crippen molar-refractivity contribution in [3.05, 3.63) is 23.1 Å². The van der Waals surface area contributed by atoms with Crippen LogP contribution in [-0.4, -0.2) is 72.3 Å². The third kappa shape index (κ3) is 5.54. The predicted molar refractivity (Wildman–Crippen MR) is 131 cm³/mol. The molecule has 178 valence electrons. The summed E-state index contributed by atoms with van der Waals surface area (Å²) >= 11 is 3.43. The first-order valence-corrected chi connectivity index (χ1v) is 12.1. The molecule has 1 saturated heterocycles. The fourth-order valence-electron chi connectivity index (χ4n) is 4.42. The maximum atomic E-state index is 12.7. The van der Waals surface area contributed by atoms with Gasteiger partial charge in [-0.05, 0) is 40.4 Å². The molecule has 0 N–H and O–H groups in total. The third-order valence-corrected chi connectivity index (χ3v) is 6.62. The van der Waals surface area contributed by atoms with E-state index < -0.39 is 12.6 Å². The Hall–Kier alpha value is -1.78. The highest BCUT2D eigenvalue weighted by Crippen LogP contribution is 2.35. The number of likely N-dealkylation sites (tertiary alicyclic amines) is 1. The number of aromatic nitrogens is 4. The molecular weight excluding hydrogens is 509 g/mol. The van der Waals surface area contributed by atoms with Crippen molar-refractivity contribution < 1.29 is 17.9 Å². The van der Waals surface area contributed by atoms with Gasteiger partial charge in [-0.1, -0.05) is 13.3 Å². The van der Waals surface area contributed by atoms with E-state index in [4.69, 9.17) is 20.4 Å². The zero-order chi connectivity index (χ0) is 24.5. The lowest BCUT2D eigenvalue weighted by Crippen LogP contribution is -2.26.